The highest BCUT2D eigenvalue weighted by Crippen LogP contribution is 2.35. The second-order valence-electron chi connectivity index (χ2n) is 6.50. The Morgan fingerprint density at radius 3 is 2.48 bits per heavy atom. The van der Waals surface area contributed by atoms with Gasteiger partial charge in [0.1, 0.15) is 5.78 Å². The van der Waals surface area contributed by atoms with Gasteiger partial charge in [-0.25, -0.2) is 5.01 Å². The Morgan fingerprint density at radius 2 is 1.86 bits per heavy atom. The van der Waals surface area contributed by atoms with Gasteiger partial charge in [0, 0.05) is 26.6 Å². The highest BCUT2D eigenvalue weighted by atomic mass is 16.1. The highest BCUT2D eigenvalue weighted by molar-refractivity contribution is 5.75. The lowest BCUT2D eigenvalue weighted by Gasteiger charge is -2.45. The average molecular weight is 288 g/mol. The van der Waals surface area contributed by atoms with E-state index in [4.69, 9.17) is 0 Å². The van der Waals surface area contributed by atoms with E-state index in [1.165, 1.54) is 36.9 Å². The minimum Gasteiger partial charge on any atom is -0.303 e. The zero-order valence-corrected chi connectivity index (χ0v) is 13.8. The molecule has 0 amide bonds. The molecule has 1 fully saturated rings. The largest absolute Gasteiger partial charge is 0.303 e. The second-order valence-corrected chi connectivity index (χ2v) is 6.50. The van der Waals surface area contributed by atoms with Gasteiger partial charge in [0.25, 0.3) is 0 Å². The van der Waals surface area contributed by atoms with E-state index in [0.717, 1.165) is 0 Å². The van der Waals surface area contributed by atoms with Crippen molar-refractivity contribution >= 4 is 11.5 Å². The van der Waals surface area contributed by atoms with Crippen LogP contribution in [0.15, 0.2) is 24.3 Å². The number of hydrazine groups is 1. The van der Waals surface area contributed by atoms with E-state index < -0.39 is 0 Å². The molecule has 1 saturated carbocycles. The summed E-state index contributed by atoms with van der Waals surface area (Å²) in [6, 6.07) is 8.96. The number of hydrogen-bond donors (Lipinski definition) is 0. The Bertz CT molecular complexity index is 484. The molecule has 3 heteroatoms. The van der Waals surface area contributed by atoms with Crippen molar-refractivity contribution in [3.05, 3.63) is 29.8 Å². The van der Waals surface area contributed by atoms with Gasteiger partial charge < -0.3 is 9.80 Å². The third-order valence-corrected chi connectivity index (χ3v) is 4.53. The number of ketones is 1. The minimum atomic E-state index is 0.315. The zero-order valence-electron chi connectivity index (χ0n) is 13.8. The van der Waals surface area contributed by atoms with Gasteiger partial charge in [-0.15, -0.1) is 0 Å². The quantitative estimate of drug-likeness (QED) is 0.770. The topological polar surface area (TPSA) is 23.6 Å². The summed E-state index contributed by atoms with van der Waals surface area (Å²) in [6.45, 7) is 3.88. The number of carbonyl (C=O) groups excluding carboxylic acids is 1. The molecule has 0 bridgehead atoms. The summed E-state index contributed by atoms with van der Waals surface area (Å²) in [5, 5.41) is 4.59. The van der Waals surface area contributed by atoms with E-state index >= 15 is 0 Å². The lowest BCUT2D eigenvalue weighted by molar-refractivity contribution is -0.118. The maximum absolute atomic E-state index is 11.6. The van der Waals surface area contributed by atoms with Gasteiger partial charge in [0.05, 0.1) is 5.69 Å². The van der Waals surface area contributed by atoms with Crippen molar-refractivity contribution in [3.8, 4) is 0 Å². The minimum absolute atomic E-state index is 0.315. The van der Waals surface area contributed by atoms with Gasteiger partial charge >= 0.3 is 0 Å². The van der Waals surface area contributed by atoms with Gasteiger partial charge in [-0.05, 0) is 44.2 Å². The number of carbonyl (C=O) groups is 1. The number of nitrogens with zero attached hydrogens (tertiary/aromatic N) is 2. The highest BCUT2D eigenvalue weighted by Gasteiger charge is 2.32. The average Bonchev–Trinajstić information content (AvgIpc) is 2.42. The Hall–Kier alpha value is -1.35. The molecule has 1 aliphatic carbocycles. The van der Waals surface area contributed by atoms with Crippen LogP contribution >= 0.6 is 0 Å². The molecule has 2 atom stereocenters. The molecule has 1 aromatic carbocycles. The Balaban J connectivity index is 2.31. The third-order valence-electron chi connectivity index (χ3n) is 4.53. The predicted molar refractivity (Wildman–Crippen MR) is 88.4 cm³/mol. The van der Waals surface area contributed by atoms with Gasteiger partial charge in [-0.2, -0.15) is 0 Å². The van der Waals surface area contributed by atoms with Gasteiger partial charge in [0.15, 0.2) is 0 Å². The van der Waals surface area contributed by atoms with Crippen LogP contribution in [0.25, 0.3) is 0 Å². The van der Waals surface area contributed by atoms with Crippen molar-refractivity contribution in [3.63, 3.8) is 0 Å². The van der Waals surface area contributed by atoms with Crippen LogP contribution in [0.4, 0.5) is 5.69 Å². The van der Waals surface area contributed by atoms with Crippen LogP contribution in [0.1, 0.15) is 44.6 Å². The van der Waals surface area contributed by atoms with Crippen molar-refractivity contribution in [2.24, 2.45) is 5.92 Å². The molecule has 2 rings (SSSR count). The first-order valence-corrected chi connectivity index (χ1v) is 8.02. The Morgan fingerprint density at radius 1 is 1.19 bits per heavy atom. The van der Waals surface area contributed by atoms with E-state index in [1.807, 2.05) is 0 Å². The fourth-order valence-corrected chi connectivity index (χ4v) is 3.63. The molecule has 1 aliphatic rings. The standard InChI is InChI=1S/C18H28N2O/c1-14-9-5-7-11-17(14)20(19(3)4)18-12-8-6-10-16(18)13-15(2)21/h5,7,9,11,16,18H,6,8,10,12-13H2,1-4H3. The Labute approximate surface area is 128 Å². The number of para-hydroxylation sites is 1. The van der Waals surface area contributed by atoms with Gasteiger partial charge in [-0.1, -0.05) is 31.0 Å². The molecular formula is C18H28N2O. The van der Waals surface area contributed by atoms with Crippen molar-refractivity contribution in [2.75, 3.05) is 19.1 Å². The molecule has 21 heavy (non-hydrogen) atoms. The maximum atomic E-state index is 11.6. The first-order valence-electron chi connectivity index (χ1n) is 8.02. The summed E-state index contributed by atoms with van der Waals surface area (Å²) >= 11 is 0. The number of Topliss-reactive ketones (excluding diaryl/α,β-unsaturated/α-hetero) is 1. The summed E-state index contributed by atoms with van der Waals surface area (Å²) in [5.74, 6) is 0.786. The van der Waals surface area contributed by atoms with E-state index in [2.05, 4.69) is 55.3 Å². The summed E-state index contributed by atoms with van der Waals surface area (Å²) < 4.78 is 0. The molecule has 3 nitrogen and oxygen atoms in total. The van der Waals surface area contributed by atoms with E-state index in [0.29, 0.717) is 24.2 Å². The zero-order chi connectivity index (χ0) is 15.4. The molecule has 0 spiro atoms. The molecule has 2 unspecified atom stereocenters. The summed E-state index contributed by atoms with van der Waals surface area (Å²) in [5.41, 5.74) is 2.56. The molecule has 0 heterocycles. The monoisotopic (exact) mass is 288 g/mol. The second kappa shape index (κ2) is 7.08. The summed E-state index contributed by atoms with van der Waals surface area (Å²) in [4.78, 5) is 11.6. The molecule has 116 valence electrons. The molecule has 0 aliphatic heterocycles. The molecular weight excluding hydrogens is 260 g/mol. The normalized spacial score (nSPS) is 22.3. The predicted octanol–water partition coefficient (Wildman–Crippen LogP) is 3.82. The summed E-state index contributed by atoms with van der Waals surface area (Å²) in [6.07, 6.45) is 5.56. The van der Waals surface area contributed by atoms with Crippen molar-refractivity contribution in [1.82, 2.24) is 5.01 Å². The van der Waals surface area contributed by atoms with Crippen LogP contribution in [0, 0.1) is 12.8 Å². The van der Waals surface area contributed by atoms with Crippen LogP contribution in [0.5, 0.6) is 0 Å². The fourth-order valence-electron chi connectivity index (χ4n) is 3.63. The summed E-state index contributed by atoms with van der Waals surface area (Å²) in [7, 11) is 4.21. The van der Waals surface area contributed by atoms with Crippen LogP contribution in [0.3, 0.4) is 0 Å². The smallest absolute Gasteiger partial charge is 0.130 e. The van der Waals surface area contributed by atoms with Crippen LogP contribution in [-0.2, 0) is 4.79 Å². The van der Waals surface area contributed by atoms with Crippen LogP contribution in [0.2, 0.25) is 0 Å². The van der Waals surface area contributed by atoms with Gasteiger partial charge in [0.2, 0.25) is 0 Å². The van der Waals surface area contributed by atoms with Crippen molar-refractivity contribution in [1.29, 1.82) is 0 Å². The number of aryl methyl sites for hydroxylation is 1. The fraction of sp³-hybridized carbons (Fsp3) is 0.611. The third kappa shape index (κ3) is 3.85. The first-order chi connectivity index (χ1) is 10.0. The SMILES string of the molecule is CC(=O)CC1CCCCC1N(c1ccccc1C)N(C)C. The first kappa shape index (κ1) is 16.0. The number of anilines is 1. The van der Waals surface area contributed by atoms with Crippen molar-refractivity contribution in [2.45, 2.75) is 52.0 Å². The molecule has 0 radical (unpaired) electrons. The lowest BCUT2D eigenvalue weighted by atomic mass is 9.81. The van der Waals surface area contributed by atoms with Crippen LogP contribution < -0.4 is 5.01 Å². The molecule has 0 aromatic heterocycles. The van der Waals surface area contributed by atoms with Crippen LogP contribution in [-0.4, -0.2) is 30.9 Å². The Kier molecular flexibility index (Phi) is 5.40. The van der Waals surface area contributed by atoms with Gasteiger partial charge in [-0.3, -0.25) is 0 Å². The van der Waals surface area contributed by atoms with E-state index in [-0.39, 0.29) is 0 Å². The van der Waals surface area contributed by atoms with E-state index in [1.54, 1.807) is 6.92 Å². The number of benzene rings is 1. The number of rotatable bonds is 5. The molecule has 0 saturated heterocycles. The molecule has 1 aromatic rings. The molecule has 0 N–H and O–H groups in total. The number of hydrogen-bond acceptors (Lipinski definition) is 3. The maximum Gasteiger partial charge on any atom is 0.130 e. The van der Waals surface area contributed by atoms with Crippen molar-refractivity contribution < 1.29 is 4.79 Å². The van der Waals surface area contributed by atoms with E-state index in [9.17, 15) is 4.79 Å². The lowest BCUT2D eigenvalue weighted by Crippen LogP contribution is -2.50.